The van der Waals surface area contributed by atoms with Crippen molar-refractivity contribution in [3.63, 3.8) is 0 Å². The number of imide groups is 1. The average molecular weight is 205 g/mol. The minimum Gasteiger partial charge on any atom is -0.432 e. The highest BCUT2D eigenvalue weighted by atomic mass is 19.3. The van der Waals surface area contributed by atoms with Crippen molar-refractivity contribution in [3.8, 4) is 0 Å². The molecule has 6 heteroatoms. The summed E-state index contributed by atoms with van der Waals surface area (Å²) in [5.41, 5.74) is -1.32. The van der Waals surface area contributed by atoms with Gasteiger partial charge in [0.2, 0.25) is 5.92 Å². The first-order valence-electron chi connectivity index (χ1n) is 4.36. The van der Waals surface area contributed by atoms with Crippen molar-refractivity contribution in [1.29, 1.82) is 0 Å². The van der Waals surface area contributed by atoms with Gasteiger partial charge in [-0.25, -0.2) is 13.6 Å². The average Bonchev–Trinajstić information content (AvgIpc) is 2.35. The Morgan fingerprint density at radius 3 is 2.14 bits per heavy atom. The fourth-order valence-electron chi connectivity index (χ4n) is 1.80. The highest BCUT2D eigenvalue weighted by molar-refractivity contribution is 6.02. The van der Waals surface area contributed by atoms with Crippen LogP contribution in [0.3, 0.4) is 0 Å². The minimum absolute atomic E-state index is 0.0996. The van der Waals surface area contributed by atoms with Crippen LogP contribution in [0.5, 0.6) is 0 Å². The van der Waals surface area contributed by atoms with Gasteiger partial charge in [-0.1, -0.05) is 0 Å². The molecule has 0 aromatic rings. The number of hydrogen-bond donors (Lipinski definition) is 1. The molecule has 14 heavy (non-hydrogen) atoms. The molecule has 0 unspecified atom stereocenters. The molecule has 4 nitrogen and oxygen atoms in total. The molecule has 2 fully saturated rings. The first-order valence-corrected chi connectivity index (χ1v) is 4.36. The lowest BCUT2D eigenvalue weighted by Crippen LogP contribution is -2.45. The number of carbonyl (C=O) groups is 2. The van der Waals surface area contributed by atoms with E-state index in [0.717, 1.165) is 0 Å². The molecular weight excluding hydrogens is 196 g/mol. The topological polar surface area (TPSA) is 55.4 Å². The zero-order valence-corrected chi connectivity index (χ0v) is 7.31. The number of ether oxygens (including phenoxy) is 1. The van der Waals surface area contributed by atoms with Crippen LogP contribution in [0.4, 0.5) is 13.6 Å². The Bertz CT molecular complexity index is 293. The summed E-state index contributed by atoms with van der Waals surface area (Å²) >= 11 is 0. The van der Waals surface area contributed by atoms with Crippen LogP contribution in [0.25, 0.3) is 0 Å². The number of carbonyl (C=O) groups excluding carboxylic acids is 2. The second kappa shape index (κ2) is 2.65. The van der Waals surface area contributed by atoms with Crippen LogP contribution < -0.4 is 5.32 Å². The summed E-state index contributed by atoms with van der Waals surface area (Å²) in [6, 6.07) is 0. The minimum atomic E-state index is -2.74. The molecule has 0 atom stereocenters. The predicted molar refractivity (Wildman–Crippen MR) is 40.8 cm³/mol. The SMILES string of the molecule is O=C1NC(=O)C2(CCC(F)(F)CC2)O1. The molecule has 0 bridgehead atoms. The standard InChI is InChI=1S/C8H9F2NO3/c9-8(10)3-1-7(2-4-8)5(12)11-6(13)14-7/h1-4H2,(H,11,12,13). The van der Waals surface area contributed by atoms with Gasteiger partial charge < -0.3 is 4.74 Å². The molecular formula is C8H9F2NO3. The molecule has 1 saturated carbocycles. The molecule has 0 aromatic heterocycles. The van der Waals surface area contributed by atoms with Crippen LogP contribution in [0.2, 0.25) is 0 Å². The van der Waals surface area contributed by atoms with E-state index in [1.807, 2.05) is 5.32 Å². The zero-order chi connectivity index (χ0) is 10.4. The van der Waals surface area contributed by atoms with Gasteiger partial charge in [0, 0.05) is 25.7 Å². The lowest BCUT2D eigenvalue weighted by atomic mass is 9.82. The van der Waals surface area contributed by atoms with Crippen LogP contribution in [-0.4, -0.2) is 23.5 Å². The van der Waals surface area contributed by atoms with E-state index >= 15 is 0 Å². The highest BCUT2D eigenvalue weighted by Crippen LogP contribution is 2.41. The molecule has 1 saturated heterocycles. The van der Waals surface area contributed by atoms with Crippen molar-refractivity contribution < 1.29 is 23.1 Å². The van der Waals surface area contributed by atoms with Crippen LogP contribution in [0.1, 0.15) is 25.7 Å². The van der Waals surface area contributed by atoms with Crippen molar-refractivity contribution in [2.75, 3.05) is 0 Å². The first kappa shape index (κ1) is 9.36. The first-order chi connectivity index (χ1) is 6.44. The summed E-state index contributed by atoms with van der Waals surface area (Å²) in [4.78, 5) is 22.0. The third-order valence-corrected chi connectivity index (χ3v) is 2.71. The zero-order valence-electron chi connectivity index (χ0n) is 7.31. The smallest absolute Gasteiger partial charge is 0.415 e. The predicted octanol–water partition coefficient (Wildman–Crippen LogP) is 1.20. The van der Waals surface area contributed by atoms with E-state index in [1.165, 1.54) is 0 Å². The number of amides is 2. The Morgan fingerprint density at radius 1 is 1.14 bits per heavy atom. The maximum atomic E-state index is 12.8. The maximum Gasteiger partial charge on any atom is 0.415 e. The summed E-state index contributed by atoms with van der Waals surface area (Å²) in [5.74, 6) is -3.32. The van der Waals surface area contributed by atoms with Crippen LogP contribution in [0, 0.1) is 0 Å². The largest absolute Gasteiger partial charge is 0.432 e. The molecule has 1 spiro atoms. The van der Waals surface area contributed by atoms with Crippen molar-refractivity contribution in [3.05, 3.63) is 0 Å². The Hall–Kier alpha value is -1.20. The summed E-state index contributed by atoms with van der Waals surface area (Å²) in [7, 11) is 0. The van der Waals surface area contributed by atoms with Crippen LogP contribution >= 0.6 is 0 Å². The number of alkyl halides is 2. The Kier molecular flexibility index (Phi) is 1.77. The van der Waals surface area contributed by atoms with E-state index in [-0.39, 0.29) is 12.8 Å². The van der Waals surface area contributed by atoms with Gasteiger partial charge in [-0.2, -0.15) is 0 Å². The van der Waals surface area contributed by atoms with E-state index in [2.05, 4.69) is 0 Å². The molecule has 2 rings (SSSR count). The van der Waals surface area contributed by atoms with Crippen molar-refractivity contribution in [1.82, 2.24) is 5.32 Å². The number of halogens is 2. The van der Waals surface area contributed by atoms with E-state index < -0.39 is 36.4 Å². The van der Waals surface area contributed by atoms with Crippen molar-refractivity contribution in [2.24, 2.45) is 0 Å². The number of hydrogen-bond acceptors (Lipinski definition) is 3. The van der Waals surface area contributed by atoms with Gasteiger partial charge in [0.15, 0.2) is 5.60 Å². The summed E-state index contributed by atoms with van der Waals surface area (Å²) in [5, 5.41) is 1.96. The summed E-state index contributed by atoms with van der Waals surface area (Å²) < 4.78 is 30.3. The molecule has 1 aliphatic carbocycles. The van der Waals surface area contributed by atoms with E-state index in [0.29, 0.717) is 0 Å². The fraction of sp³-hybridized carbons (Fsp3) is 0.750. The molecule has 2 aliphatic rings. The van der Waals surface area contributed by atoms with Gasteiger partial charge in [-0.05, 0) is 0 Å². The third kappa shape index (κ3) is 1.34. The summed E-state index contributed by atoms with van der Waals surface area (Å²) in [6.07, 6.45) is -1.85. The monoisotopic (exact) mass is 205 g/mol. The quantitative estimate of drug-likeness (QED) is 0.646. The molecule has 0 aromatic carbocycles. The molecule has 0 radical (unpaired) electrons. The van der Waals surface area contributed by atoms with Gasteiger partial charge in [0.25, 0.3) is 5.91 Å². The maximum absolute atomic E-state index is 12.8. The number of alkyl carbamates (subject to hydrolysis) is 1. The van der Waals surface area contributed by atoms with Gasteiger partial charge in [0.05, 0.1) is 0 Å². The fourth-order valence-corrected chi connectivity index (χ4v) is 1.80. The molecule has 1 aliphatic heterocycles. The van der Waals surface area contributed by atoms with Gasteiger partial charge in [-0.15, -0.1) is 0 Å². The van der Waals surface area contributed by atoms with Gasteiger partial charge in [-0.3, -0.25) is 10.1 Å². The van der Waals surface area contributed by atoms with Crippen molar-refractivity contribution >= 4 is 12.0 Å². The van der Waals surface area contributed by atoms with E-state index in [1.54, 1.807) is 0 Å². The summed E-state index contributed by atoms with van der Waals surface area (Å²) in [6.45, 7) is 0. The molecule has 2 amide bonds. The molecule has 1 N–H and O–H groups in total. The second-order valence-electron chi connectivity index (χ2n) is 3.69. The third-order valence-electron chi connectivity index (χ3n) is 2.71. The number of rotatable bonds is 0. The van der Waals surface area contributed by atoms with Crippen molar-refractivity contribution in [2.45, 2.75) is 37.2 Å². The normalized spacial score (nSPS) is 28.7. The Labute approximate surface area is 78.6 Å². The second-order valence-corrected chi connectivity index (χ2v) is 3.69. The van der Waals surface area contributed by atoms with Crippen LogP contribution in [-0.2, 0) is 9.53 Å². The van der Waals surface area contributed by atoms with E-state index in [4.69, 9.17) is 4.74 Å². The Balaban J connectivity index is 2.13. The van der Waals surface area contributed by atoms with Gasteiger partial charge in [0.1, 0.15) is 0 Å². The lowest BCUT2D eigenvalue weighted by Gasteiger charge is -2.32. The molecule has 1 heterocycles. The van der Waals surface area contributed by atoms with Crippen LogP contribution in [0.15, 0.2) is 0 Å². The molecule has 78 valence electrons. The highest BCUT2D eigenvalue weighted by Gasteiger charge is 2.54. The lowest BCUT2D eigenvalue weighted by molar-refractivity contribution is -0.142. The van der Waals surface area contributed by atoms with Gasteiger partial charge >= 0.3 is 6.09 Å². The number of nitrogens with one attached hydrogen (secondary N) is 1. The Morgan fingerprint density at radius 2 is 1.71 bits per heavy atom. The van der Waals surface area contributed by atoms with E-state index in [9.17, 15) is 18.4 Å².